The van der Waals surface area contributed by atoms with Crippen molar-refractivity contribution < 1.29 is 19.4 Å². The molecule has 0 heterocycles. The number of carbonyl (C=O) groups is 1. The van der Waals surface area contributed by atoms with Gasteiger partial charge in [0, 0.05) is 6.42 Å². The van der Waals surface area contributed by atoms with Crippen LogP contribution in [0.5, 0.6) is 5.75 Å². The molecular weight excluding hydrogens is 309 g/mol. The molecule has 114 valence electrons. The second-order valence-electron chi connectivity index (χ2n) is 5.21. The molecule has 1 amide bonds. The Bertz CT molecular complexity index is 750. The second kappa shape index (κ2) is 5.59. The van der Waals surface area contributed by atoms with Crippen molar-refractivity contribution in [3.8, 4) is 5.75 Å². The Morgan fingerprint density at radius 2 is 2.05 bits per heavy atom. The Morgan fingerprint density at radius 1 is 1.32 bits per heavy atom. The number of halogens is 2. The van der Waals surface area contributed by atoms with Gasteiger partial charge >= 0.3 is 0 Å². The molecule has 2 unspecified atom stereocenters. The molecule has 22 heavy (non-hydrogen) atoms. The van der Waals surface area contributed by atoms with Gasteiger partial charge in [-0.25, -0.2) is 4.39 Å². The minimum Gasteiger partial charge on any atom is -0.506 e. The SMILES string of the molecule is O=C(NC1c2ccccc2CC1O)c1cc(F)cc(Cl)c1O. The zero-order chi connectivity index (χ0) is 15.9. The minimum absolute atomic E-state index is 0.238. The number of nitrogens with one attached hydrogen (secondary N) is 1. The zero-order valence-corrected chi connectivity index (χ0v) is 12.1. The Morgan fingerprint density at radius 3 is 2.82 bits per heavy atom. The van der Waals surface area contributed by atoms with Crippen molar-refractivity contribution in [1.29, 1.82) is 0 Å². The first-order valence-corrected chi connectivity index (χ1v) is 7.10. The summed E-state index contributed by atoms with van der Waals surface area (Å²) in [5.74, 6) is -1.90. The second-order valence-corrected chi connectivity index (χ2v) is 5.61. The lowest BCUT2D eigenvalue weighted by atomic mass is 10.1. The van der Waals surface area contributed by atoms with Gasteiger partial charge in [-0.1, -0.05) is 35.9 Å². The molecule has 0 aliphatic heterocycles. The van der Waals surface area contributed by atoms with Crippen LogP contribution in [0.2, 0.25) is 5.02 Å². The number of phenolic OH excluding ortho intramolecular Hbond substituents is 1. The summed E-state index contributed by atoms with van der Waals surface area (Å²) in [5.41, 5.74) is 1.49. The quantitative estimate of drug-likeness (QED) is 0.796. The molecule has 2 aromatic carbocycles. The maximum atomic E-state index is 13.4. The molecule has 0 radical (unpaired) electrons. The summed E-state index contributed by atoms with van der Waals surface area (Å²) in [6.07, 6.45) is -0.343. The molecule has 1 aliphatic carbocycles. The van der Waals surface area contributed by atoms with E-state index in [1.165, 1.54) is 0 Å². The van der Waals surface area contributed by atoms with Gasteiger partial charge in [-0.3, -0.25) is 4.79 Å². The fourth-order valence-electron chi connectivity index (χ4n) is 2.71. The highest BCUT2D eigenvalue weighted by molar-refractivity contribution is 6.32. The molecule has 0 saturated heterocycles. The van der Waals surface area contributed by atoms with Crippen LogP contribution in [0.15, 0.2) is 36.4 Å². The number of aliphatic hydroxyl groups excluding tert-OH is 1. The van der Waals surface area contributed by atoms with Gasteiger partial charge in [-0.15, -0.1) is 0 Å². The first kappa shape index (κ1) is 14.8. The van der Waals surface area contributed by atoms with E-state index in [1.54, 1.807) is 0 Å². The first-order chi connectivity index (χ1) is 10.5. The molecule has 2 atom stereocenters. The lowest BCUT2D eigenvalue weighted by Gasteiger charge is -2.18. The zero-order valence-electron chi connectivity index (χ0n) is 11.4. The van der Waals surface area contributed by atoms with Crippen LogP contribution in [0, 0.1) is 5.82 Å². The van der Waals surface area contributed by atoms with Crippen molar-refractivity contribution in [3.05, 3.63) is 63.9 Å². The molecule has 6 heteroatoms. The van der Waals surface area contributed by atoms with E-state index >= 15 is 0 Å². The number of rotatable bonds is 2. The highest BCUT2D eigenvalue weighted by Gasteiger charge is 2.32. The first-order valence-electron chi connectivity index (χ1n) is 6.72. The number of amides is 1. The fraction of sp³-hybridized carbons (Fsp3) is 0.188. The van der Waals surface area contributed by atoms with Gasteiger partial charge in [-0.05, 0) is 23.3 Å². The summed E-state index contributed by atoms with van der Waals surface area (Å²) in [5, 5.41) is 22.3. The number of hydrogen-bond donors (Lipinski definition) is 3. The predicted octanol–water partition coefficient (Wildman–Crippen LogP) is 2.57. The van der Waals surface area contributed by atoms with Crippen LogP contribution in [0.1, 0.15) is 27.5 Å². The highest BCUT2D eigenvalue weighted by atomic mass is 35.5. The van der Waals surface area contributed by atoms with E-state index in [4.69, 9.17) is 11.6 Å². The van der Waals surface area contributed by atoms with Crippen LogP contribution in [0.25, 0.3) is 0 Å². The van der Waals surface area contributed by atoms with Crippen molar-refractivity contribution in [1.82, 2.24) is 5.32 Å². The molecule has 0 fully saturated rings. The molecule has 0 aromatic heterocycles. The largest absolute Gasteiger partial charge is 0.506 e. The van der Waals surface area contributed by atoms with Crippen LogP contribution < -0.4 is 5.32 Å². The van der Waals surface area contributed by atoms with Gasteiger partial charge in [-0.2, -0.15) is 0 Å². The molecule has 4 nitrogen and oxygen atoms in total. The molecule has 1 aliphatic rings. The van der Waals surface area contributed by atoms with E-state index in [9.17, 15) is 19.4 Å². The Balaban J connectivity index is 1.90. The average molecular weight is 322 g/mol. The third-order valence-corrected chi connectivity index (χ3v) is 4.05. The van der Waals surface area contributed by atoms with E-state index in [2.05, 4.69) is 5.32 Å². The van der Waals surface area contributed by atoms with Gasteiger partial charge < -0.3 is 15.5 Å². The molecule has 2 aromatic rings. The standard InChI is InChI=1S/C16H13ClFNO3/c17-12-7-9(18)6-11(15(12)21)16(22)19-14-10-4-2-1-3-8(10)5-13(14)20/h1-4,6-7,13-14,20-21H,5H2,(H,19,22). The number of hydrogen-bond acceptors (Lipinski definition) is 3. The molecule has 0 saturated carbocycles. The van der Waals surface area contributed by atoms with E-state index in [0.29, 0.717) is 6.42 Å². The van der Waals surface area contributed by atoms with Crippen molar-refractivity contribution >= 4 is 17.5 Å². The van der Waals surface area contributed by atoms with Crippen molar-refractivity contribution in [3.63, 3.8) is 0 Å². The predicted molar refractivity (Wildman–Crippen MR) is 79.4 cm³/mol. The van der Waals surface area contributed by atoms with E-state index in [0.717, 1.165) is 23.3 Å². The number of benzene rings is 2. The van der Waals surface area contributed by atoms with Crippen LogP contribution >= 0.6 is 11.6 Å². The van der Waals surface area contributed by atoms with Crippen LogP contribution in [0.3, 0.4) is 0 Å². The lowest BCUT2D eigenvalue weighted by molar-refractivity contribution is 0.0855. The molecule has 0 spiro atoms. The summed E-state index contributed by atoms with van der Waals surface area (Å²) in [6, 6.07) is 8.58. The molecule has 0 bridgehead atoms. The smallest absolute Gasteiger partial charge is 0.255 e. The monoisotopic (exact) mass is 321 g/mol. The summed E-state index contributed by atoms with van der Waals surface area (Å²) in [7, 11) is 0. The Labute approximate surface area is 131 Å². The van der Waals surface area contributed by atoms with Crippen LogP contribution in [-0.4, -0.2) is 22.2 Å². The Hall–Kier alpha value is -2.11. The summed E-state index contributed by atoms with van der Waals surface area (Å²) >= 11 is 5.67. The highest BCUT2D eigenvalue weighted by Crippen LogP contribution is 2.33. The molecule has 3 rings (SSSR count). The van der Waals surface area contributed by atoms with Crippen molar-refractivity contribution in [2.75, 3.05) is 0 Å². The number of phenols is 1. The van der Waals surface area contributed by atoms with Crippen LogP contribution in [-0.2, 0) is 6.42 Å². The maximum Gasteiger partial charge on any atom is 0.255 e. The maximum absolute atomic E-state index is 13.4. The molecular formula is C16H13ClFNO3. The summed E-state index contributed by atoms with van der Waals surface area (Å²) in [6.45, 7) is 0. The van der Waals surface area contributed by atoms with Gasteiger partial charge in [0.15, 0.2) is 0 Å². The lowest BCUT2D eigenvalue weighted by Crippen LogP contribution is -2.34. The van der Waals surface area contributed by atoms with Gasteiger partial charge in [0.1, 0.15) is 11.6 Å². The van der Waals surface area contributed by atoms with Gasteiger partial charge in [0.2, 0.25) is 0 Å². The van der Waals surface area contributed by atoms with E-state index < -0.39 is 29.6 Å². The normalized spacial score (nSPS) is 19.8. The van der Waals surface area contributed by atoms with Crippen LogP contribution in [0.4, 0.5) is 4.39 Å². The van der Waals surface area contributed by atoms with E-state index in [-0.39, 0.29) is 10.6 Å². The third kappa shape index (κ3) is 2.53. The Kier molecular flexibility index (Phi) is 3.76. The number of aromatic hydroxyl groups is 1. The fourth-order valence-corrected chi connectivity index (χ4v) is 2.91. The number of fused-ring (bicyclic) bond motifs is 1. The van der Waals surface area contributed by atoms with E-state index in [1.807, 2.05) is 24.3 Å². The summed E-state index contributed by atoms with van der Waals surface area (Å²) in [4.78, 5) is 12.3. The van der Waals surface area contributed by atoms with Crippen molar-refractivity contribution in [2.24, 2.45) is 0 Å². The van der Waals surface area contributed by atoms with Gasteiger partial charge in [0.05, 0.1) is 22.7 Å². The average Bonchev–Trinajstić information content (AvgIpc) is 2.79. The van der Waals surface area contributed by atoms with Gasteiger partial charge in [0.25, 0.3) is 5.91 Å². The number of carbonyl (C=O) groups excluding carboxylic acids is 1. The minimum atomic E-state index is -0.771. The third-order valence-electron chi connectivity index (χ3n) is 3.76. The number of aliphatic hydroxyl groups is 1. The topological polar surface area (TPSA) is 69.6 Å². The van der Waals surface area contributed by atoms with Crippen molar-refractivity contribution in [2.45, 2.75) is 18.6 Å². The molecule has 3 N–H and O–H groups in total. The summed E-state index contributed by atoms with van der Waals surface area (Å²) < 4.78 is 13.4.